The van der Waals surface area contributed by atoms with Gasteiger partial charge in [-0.1, -0.05) is 51.9 Å². The van der Waals surface area contributed by atoms with Crippen molar-refractivity contribution in [3.63, 3.8) is 0 Å². The summed E-state index contributed by atoms with van der Waals surface area (Å²) >= 11 is 0. The molecule has 1 aliphatic rings. The van der Waals surface area contributed by atoms with Crippen LogP contribution in [0.4, 0.5) is 19.0 Å². The molecule has 1 amide bonds. The van der Waals surface area contributed by atoms with Gasteiger partial charge >= 0.3 is 6.18 Å². The Morgan fingerprint density at radius 2 is 1.82 bits per heavy atom. The van der Waals surface area contributed by atoms with Crippen molar-refractivity contribution in [3.05, 3.63) is 23.9 Å². The van der Waals surface area contributed by atoms with Crippen molar-refractivity contribution >= 4 is 11.7 Å². The van der Waals surface area contributed by atoms with Crippen molar-refractivity contribution in [2.75, 3.05) is 18.0 Å². The van der Waals surface area contributed by atoms with Gasteiger partial charge in [-0.15, -0.1) is 0 Å². The molecule has 4 nitrogen and oxygen atoms in total. The minimum Gasteiger partial charge on any atom is -0.354 e. The van der Waals surface area contributed by atoms with Gasteiger partial charge in [0.1, 0.15) is 5.82 Å². The van der Waals surface area contributed by atoms with Gasteiger partial charge in [0.25, 0.3) is 0 Å². The van der Waals surface area contributed by atoms with Crippen LogP contribution in [0.3, 0.4) is 0 Å². The number of nitrogens with one attached hydrogen (secondary N) is 1. The third-order valence-corrected chi connectivity index (χ3v) is 5.21. The van der Waals surface area contributed by atoms with E-state index in [2.05, 4.69) is 17.2 Å². The summed E-state index contributed by atoms with van der Waals surface area (Å²) in [5.41, 5.74) is -0.745. The van der Waals surface area contributed by atoms with Crippen molar-refractivity contribution in [2.45, 2.75) is 83.4 Å². The van der Waals surface area contributed by atoms with Gasteiger partial charge in [0.05, 0.1) is 5.56 Å². The molecular formula is C21H32F3N3O. The van der Waals surface area contributed by atoms with Crippen molar-refractivity contribution in [3.8, 4) is 0 Å². The van der Waals surface area contributed by atoms with Crippen LogP contribution < -0.4 is 10.2 Å². The number of hydrogen-bond donors (Lipinski definition) is 1. The van der Waals surface area contributed by atoms with Crippen molar-refractivity contribution < 1.29 is 18.0 Å². The second-order valence-electron chi connectivity index (χ2n) is 7.63. The Hall–Kier alpha value is -1.79. The molecule has 1 aromatic heterocycles. The molecule has 1 atom stereocenters. The zero-order valence-corrected chi connectivity index (χ0v) is 16.7. The molecule has 158 valence electrons. The van der Waals surface area contributed by atoms with Gasteiger partial charge in [0.15, 0.2) is 0 Å². The highest BCUT2D eigenvalue weighted by molar-refractivity contribution is 5.76. The van der Waals surface area contributed by atoms with Gasteiger partial charge in [-0.25, -0.2) is 4.98 Å². The first kappa shape index (κ1) is 22.5. The van der Waals surface area contributed by atoms with Crippen LogP contribution in [0.25, 0.3) is 0 Å². The molecule has 0 aliphatic carbocycles. The highest BCUT2D eigenvalue weighted by Gasteiger charge is 2.31. The zero-order valence-electron chi connectivity index (χ0n) is 16.7. The molecule has 0 aromatic carbocycles. The summed E-state index contributed by atoms with van der Waals surface area (Å²) < 4.78 is 37.9. The van der Waals surface area contributed by atoms with Crippen LogP contribution in [-0.4, -0.2) is 30.0 Å². The van der Waals surface area contributed by atoms with Gasteiger partial charge in [-0.3, -0.25) is 4.79 Å². The molecule has 28 heavy (non-hydrogen) atoms. The normalized spacial score (nSPS) is 17.1. The van der Waals surface area contributed by atoms with E-state index in [1.165, 1.54) is 44.6 Å². The summed E-state index contributed by atoms with van der Waals surface area (Å²) in [7, 11) is 0. The van der Waals surface area contributed by atoms with Crippen LogP contribution in [-0.2, 0) is 11.0 Å². The number of hydrogen-bond acceptors (Lipinski definition) is 3. The number of unbranched alkanes of at least 4 members (excludes halogenated alkanes) is 7. The van der Waals surface area contributed by atoms with Crippen molar-refractivity contribution in [1.82, 2.24) is 10.3 Å². The summed E-state index contributed by atoms with van der Waals surface area (Å²) in [6.45, 7) is 3.48. The maximum Gasteiger partial charge on any atom is 0.417 e. The quantitative estimate of drug-likeness (QED) is 0.512. The summed E-state index contributed by atoms with van der Waals surface area (Å²) in [5.74, 6) is 0.589. The Morgan fingerprint density at radius 3 is 2.43 bits per heavy atom. The second kappa shape index (κ2) is 11.3. The summed E-state index contributed by atoms with van der Waals surface area (Å²) in [6, 6.07) is 2.48. The summed E-state index contributed by atoms with van der Waals surface area (Å²) in [4.78, 5) is 17.9. The van der Waals surface area contributed by atoms with Crippen molar-refractivity contribution in [1.29, 1.82) is 0 Å². The SMILES string of the molecule is CCCCCCCCCCC(=O)NC1CCN(c2ccc(C(F)(F)F)cn2)C1. The molecule has 0 spiro atoms. The number of carbonyl (C=O) groups is 1. The van der Waals surface area contributed by atoms with E-state index in [-0.39, 0.29) is 11.9 Å². The second-order valence-corrected chi connectivity index (χ2v) is 7.63. The number of aromatic nitrogens is 1. The number of halogens is 3. The van der Waals surface area contributed by atoms with Crippen LogP contribution in [0.15, 0.2) is 18.3 Å². The monoisotopic (exact) mass is 399 g/mol. The van der Waals surface area contributed by atoms with E-state index in [4.69, 9.17) is 0 Å². The van der Waals surface area contributed by atoms with Gasteiger partial charge in [0, 0.05) is 31.7 Å². The number of carbonyl (C=O) groups excluding carboxylic acids is 1. The number of amides is 1. The van der Waals surface area contributed by atoms with Crippen LogP contribution in [0.5, 0.6) is 0 Å². The minimum atomic E-state index is -4.37. The van der Waals surface area contributed by atoms with Gasteiger partial charge in [-0.05, 0) is 25.0 Å². The van der Waals surface area contributed by atoms with E-state index < -0.39 is 11.7 Å². The molecule has 0 saturated carbocycles. The van der Waals surface area contributed by atoms with Gasteiger partial charge in [0.2, 0.25) is 5.91 Å². The van der Waals surface area contributed by atoms with Crippen LogP contribution in [0, 0.1) is 0 Å². The van der Waals surface area contributed by atoms with Gasteiger partial charge in [-0.2, -0.15) is 13.2 Å². The summed E-state index contributed by atoms with van der Waals surface area (Å²) in [6.07, 6.45) is 7.42. The number of alkyl halides is 3. The van der Waals surface area contributed by atoms with E-state index >= 15 is 0 Å². The third-order valence-electron chi connectivity index (χ3n) is 5.21. The van der Waals surface area contributed by atoms with Crippen LogP contribution in [0.1, 0.15) is 76.7 Å². The molecule has 1 N–H and O–H groups in total. The fourth-order valence-electron chi connectivity index (χ4n) is 3.55. The maximum absolute atomic E-state index is 12.6. The van der Waals surface area contributed by atoms with Crippen LogP contribution >= 0.6 is 0 Å². The maximum atomic E-state index is 12.6. The molecule has 1 saturated heterocycles. The Balaban J connectivity index is 1.62. The Kier molecular flexibility index (Phi) is 9.06. The van der Waals surface area contributed by atoms with E-state index in [1.54, 1.807) is 0 Å². The topological polar surface area (TPSA) is 45.2 Å². The lowest BCUT2D eigenvalue weighted by molar-refractivity contribution is -0.137. The molecule has 2 rings (SSSR count). The number of rotatable bonds is 11. The van der Waals surface area contributed by atoms with E-state index in [9.17, 15) is 18.0 Å². The molecule has 1 unspecified atom stereocenters. The van der Waals surface area contributed by atoms with E-state index in [1.807, 2.05) is 4.90 Å². The smallest absolute Gasteiger partial charge is 0.354 e. The first-order valence-corrected chi connectivity index (χ1v) is 10.5. The van der Waals surface area contributed by atoms with Crippen molar-refractivity contribution in [2.24, 2.45) is 0 Å². The highest BCUT2D eigenvalue weighted by atomic mass is 19.4. The van der Waals surface area contributed by atoms with Crippen LogP contribution in [0.2, 0.25) is 0 Å². The number of anilines is 1. The zero-order chi connectivity index (χ0) is 20.4. The Labute approximate surface area is 165 Å². The number of nitrogens with zero attached hydrogens (tertiary/aromatic N) is 2. The molecule has 0 bridgehead atoms. The highest BCUT2D eigenvalue weighted by Crippen LogP contribution is 2.29. The lowest BCUT2D eigenvalue weighted by Crippen LogP contribution is -2.37. The molecular weight excluding hydrogens is 367 g/mol. The first-order valence-electron chi connectivity index (χ1n) is 10.5. The average molecular weight is 400 g/mol. The van der Waals surface area contributed by atoms with Gasteiger partial charge < -0.3 is 10.2 Å². The third kappa shape index (κ3) is 7.68. The predicted octanol–water partition coefficient (Wildman–Crippen LogP) is 5.33. The first-order chi connectivity index (χ1) is 13.4. The largest absolute Gasteiger partial charge is 0.417 e. The molecule has 1 aromatic rings. The fourth-order valence-corrected chi connectivity index (χ4v) is 3.55. The Bertz CT molecular complexity index is 590. The van der Waals surface area contributed by atoms with E-state index in [0.717, 1.165) is 31.5 Å². The molecule has 1 fully saturated rings. The lowest BCUT2D eigenvalue weighted by Gasteiger charge is -2.18. The number of pyridine rings is 1. The average Bonchev–Trinajstić information content (AvgIpc) is 3.11. The summed E-state index contributed by atoms with van der Waals surface area (Å²) in [5, 5.41) is 3.04. The molecule has 2 heterocycles. The lowest BCUT2D eigenvalue weighted by atomic mass is 10.1. The fraction of sp³-hybridized carbons (Fsp3) is 0.714. The molecule has 0 radical (unpaired) electrons. The minimum absolute atomic E-state index is 0.0330. The molecule has 7 heteroatoms. The Morgan fingerprint density at radius 1 is 1.14 bits per heavy atom. The van der Waals surface area contributed by atoms with E-state index in [0.29, 0.717) is 25.3 Å². The standard InChI is InChI=1S/C21H32F3N3O/c1-2-3-4-5-6-7-8-9-10-20(28)26-18-13-14-27(16-18)19-12-11-17(15-25-19)21(22,23)24/h11-12,15,18H,2-10,13-14,16H2,1H3,(H,26,28). The molecule has 1 aliphatic heterocycles. The predicted molar refractivity (Wildman–Crippen MR) is 105 cm³/mol.